The summed E-state index contributed by atoms with van der Waals surface area (Å²) in [6.45, 7) is 2.92. The van der Waals surface area contributed by atoms with Gasteiger partial charge in [-0.25, -0.2) is 4.98 Å². The number of rotatable bonds is 9. The number of amides is 1. The molecule has 1 amide bonds. The van der Waals surface area contributed by atoms with E-state index in [1.807, 2.05) is 53.2 Å². The number of ether oxygens (including phenoxy) is 1. The van der Waals surface area contributed by atoms with E-state index in [9.17, 15) is 4.79 Å². The molecule has 31 heavy (non-hydrogen) atoms. The number of halogens is 2. The standard InChI is InChI=1S/C24H25Cl2N3O2/c1-3-4-13-27-24(30)16-29-15-22(20-11-8-18(25)14-21(20)26)28-23(29)12-7-17-5-9-19(31-2)10-6-17/h5-12,14-15H,3-4,13,16H2,1-2H3,(H,27,30). The minimum absolute atomic E-state index is 0.0568. The Bertz CT molecular complexity index is 1060. The van der Waals surface area contributed by atoms with Crippen LogP contribution in [0.25, 0.3) is 23.4 Å². The van der Waals surface area contributed by atoms with Gasteiger partial charge in [-0.2, -0.15) is 0 Å². The number of nitrogens with zero attached hydrogens (tertiary/aromatic N) is 2. The maximum atomic E-state index is 12.4. The fourth-order valence-electron chi connectivity index (χ4n) is 3.02. The molecule has 0 spiro atoms. The Balaban J connectivity index is 1.89. The number of imidazole rings is 1. The van der Waals surface area contributed by atoms with Crippen molar-refractivity contribution in [3.8, 4) is 17.0 Å². The Morgan fingerprint density at radius 1 is 1.16 bits per heavy atom. The van der Waals surface area contributed by atoms with E-state index in [1.54, 1.807) is 19.2 Å². The van der Waals surface area contributed by atoms with Crippen LogP contribution in [-0.4, -0.2) is 29.1 Å². The maximum Gasteiger partial charge on any atom is 0.239 e. The first-order valence-electron chi connectivity index (χ1n) is 10.1. The van der Waals surface area contributed by atoms with Crippen LogP contribution in [0.1, 0.15) is 31.2 Å². The molecule has 0 atom stereocenters. The highest BCUT2D eigenvalue weighted by Crippen LogP contribution is 2.30. The summed E-state index contributed by atoms with van der Waals surface area (Å²) in [5, 5.41) is 4.01. The lowest BCUT2D eigenvalue weighted by atomic mass is 10.2. The number of benzene rings is 2. The van der Waals surface area contributed by atoms with Crippen LogP contribution in [0.5, 0.6) is 5.75 Å². The van der Waals surface area contributed by atoms with E-state index in [0.717, 1.165) is 29.7 Å². The van der Waals surface area contributed by atoms with Crippen LogP contribution in [-0.2, 0) is 11.3 Å². The zero-order valence-electron chi connectivity index (χ0n) is 17.6. The van der Waals surface area contributed by atoms with Crippen molar-refractivity contribution in [3.05, 3.63) is 70.1 Å². The van der Waals surface area contributed by atoms with E-state index in [2.05, 4.69) is 12.2 Å². The molecule has 0 radical (unpaired) electrons. The van der Waals surface area contributed by atoms with Crippen LogP contribution in [0.4, 0.5) is 0 Å². The number of carbonyl (C=O) groups is 1. The van der Waals surface area contributed by atoms with Crippen LogP contribution in [0, 0.1) is 0 Å². The van der Waals surface area contributed by atoms with Gasteiger partial charge in [-0.15, -0.1) is 0 Å². The zero-order chi connectivity index (χ0) is 22.2. The van der Waals surface area contributed by atoms with Crippen molar-refractivity contribution in [2.24, 2.45) is 0 Å². The minimum atomic E-state index is -0.0568. The lowest BCUT2D eigenvalue weighted by Gasteiger charge is -2.06. The second kappa shape index (κ2) is 11.0. The average molecular weight is 458 g/mol. The zero-order valence-corrected chi connectivity index (χ0v) is 19.1. The van der Waals surface area contributed by atoms with Gasteiger partial charge in [-0.3, -0.25) is 4.79 Å². The molecule has 5 nitrogen and oxygen atoms in total. The smallest absolute Gasteiger partial charge is 0.239 e. The summed E-state index contributed by atoms with van der Waals surface area (Å²) >= 11 is 12.4. The van der Waals surface area contributed by atoms with Crippen molar-refractivity contribution in [3.63, 3.8) is 0 Å². The van der Waals surface area contributed by atoms with E-state index in [1.165, 1.54) is 0 Å². The Kier molecular flexibility index (Phi) is 8.15. The van der Waals surface area contributed by atoms with Gasteiger partial charge < -0.3 is 14.6 Å². The van der Waals surface area contributed by atoms with E-state index in [4.69, 9.17) is 32.9 Å². The van der Waals surface area contributed by atoms with Crippen LogP contribution in [0.15, 0.2) is 48.7 Å². The van der Waals surface area contributed by atoms with Gasteiger partial charge in [0.2, 0.25) is 5.91 Å². The number of hydrogen-bond acceptors (Lipinski definition) is 3. The van der Waals surface area contributed by atoms with Crippen LogP contribution in [0.3, 0.4) is 0 Å². The number of carbonyl (C=O) groups excluding carboxylic acids is 1. The van der Waals surface area contributed by atoms with Crippen LogP contribution in [0.2, 0.25) is 10.0 Å². The number of unbranched alkanes of at least 4 members (excludes halogenated alkanes) is 1. The molecule has 3 aromatic rings. The van der Waals surface area contributed by atoms with Crippen LogP contribution < -0.4 is 10.1 Å². The normalized spacial score (nSPS) is 11.1. The molecule has 0 aliphatic heterocycles. The monoisotopic (exact) mass is 457 g/mol. The third-order valence-corrected chi connectivity index (χ3v) is 5.27. The topological polar surface area (TPSA) is 56.2 Å². The molecule has 162 valence electrons. The Hall–Kier alpha value is -2.76. The molecule has 1 N–H and O–H groups in total. The summed E-state index contributed by atoms with van der Waals surface area (Å²) in [5.74, 6) is 1.39. The minimum Gasteiger partial charge on any atom is -0.497 e. The Labute approximate surface area is 192 Å². The quantitative estimate of drug-likeness (QED) is 0.403. The summed E-state index contributed by atoms with van der Waals surface area (Å²) in [6, 6.07) is 13.0. The largest absolute Gasteiger partial charge is 0.497 e. The van der Waals surface area contributed by atoms with E-state index in [-0.39, 0.29) is 12.5 Å². The second-order valence-electron chi connectivity index (χ2n) is 7.05. The third kappa shape index (κ3) is 6.36. The van der Waals surface area contributed by atoms with Gasteiger partial charge in [0.15, 0.2) is 0 Å². The summed E-state index contributed by atoms with van der Waals surface area (Å²) < 4.78 is 7.02. The Morgan fingerprint density at radius 3 is 2.61 bits per heavy atom. The fraction of sp³-hybridized carbons (Fsp3) is 0.250. The summed E-state index contributed by atoms with van der Waals surface area (Å²) in [4.78, 5) is 17.1. The summed E-state index contributed by atoms with van der Waals surface area (Å²) in [7, 11) is 1.64. The fourth-order valence-corrected chi connectivity index (χ4v) is 3.52. The predicted octanol–water partition coefficient (Wildman–Crippen LogP) is 5.95. The average Bonchev–Trinajstić information content (AvgIpc) is 3.15. The Morgan fingerprint density at radius 2 is 1.94 bits per heavy atom. The molecule has 0 aliphatic rings. The molecule has 0 unspecified atom stereocenters. The second-order valence-corrected chi connectivity index (χ2v) is 7.89. The van der Waals surface area contributed by atoms with Crippen LogP contribution >= 0.6 is 23.2 Å². The molecule has 0 fully saturated rings. The SMILES string of the molecule is CCCCNC(=O)Cn1cc(-c2ccc(Cl)cc2Cl)nc1C=Cc1ccc(OC)cc1. The highest BCUT2D eigenvalue weighted by atomic mass is 35.5. The lowest BCUT2D eigenvalue weighted by molar-refractivity contribution is -0.121. The highest BCUT2D eigenvalue weighted by molar-refractivity contribution is 6.36. The van der Waals surface area contributed by atoms with Gasteiger partial charge in [0.25, 0.3) is 0 Å². The summed E-state index contributed by atoms with van der Waals surface area (Å²) in [6.07, 6.45) is 7.64. The van der Waals surface area contributed by atoms with Gasteiger partial charge in [-0.05, 0) is 48.4 Å². The number of nitrogens with one attached hydrogen (secondary N) is 1. The van der Waals surface area contributed by atoms with Gasteiger partial charge in [0, 0.05) is 23.3 Å². The van der Waals surface area contributed by atoms with Crippen molar-refractivity contribution in [2.45, 2.75) is 26.3 Å². The molecule has 3 rings (SSSR count). The van der Waals surface area contributed by atoms with Gasteiger partial charge in [0.05, 0.1) is 17.8 Å². The number of hydrogen-bond donors (Lipinski definition) is 1. The van der Waals surface area contributed by atoms with E-state index in [0.29, 0.717) is 28.1 Å². The highest BCUT2D eigenvalue weighted by Gasteiger charge is 2.13. The van der Waals surface area contributed by atoms with E-state index >= 15 is 0 Å². The van der Waals surface area contributed by atoms with Crippen molar-refractivity contribution in [2.75, 3.05) is 13.7 Å². The number of methoxy groups -OCH3 is 1. The summed E-state index contributed by atoms with van der Waals surface area (Å²) in [5.41, 5.74) is 2.43. The molecular formula is C24H25Cl2N3O2. The molecule has 2 aromatic carbocycles. The first kappa shape index (κ1) is 22.9. The molecule has 0 saturated carbocycles. The van der Waals surface area contributed by atoms with Crippen molar-refractivity contribution >= 4 is 41.3 Å². The molecule has 1 aromatic heterocycles. The first-order valence-corrected chi connectivity index (χ1v) is 10.9. The predicted molar refractivity (Wildman–Crippen MR) is 128 cm³/mol. The van der Waals surface area contributed by atoms with Gasteiger partial charge in [0.1, 0.15) is 18.1 Å². The maximum absolute atomic E-state index is 12.4. The molecule has 0 saturated heterocycles. The van der Waals surface area contributed by atoms with E-state index < -0.39 is 0 Å². The first-order chi connectivity index (χ1) is 15.0. The number of aromatic nitrogens is 2. The molecular weight excluding hydrogens is 433 g/mol. The van der Waals surface area contributed by atoms with Crippen molar-refractivity contribution < 1.29 is 9.53 Å². The van der Waals surface area contributed by atoms with Crippen molar-refractivity contribution in [1.82, 2.24) is 14.9 Å². The molecule has 7 heteroatoms. The molecule has 0 bridgehead atoms. The third-order valence-electron chi connectivity index (χ3n) is 4.72. The molecule has 1 heterocycles. The van der Waals surface area contributed by atoms with Gasteiger partial charge in [-0.1, -0.05) is 54.8 Å². The van der Waals surface area contributed by atoms with Gasteiger partial charge >= 0.3 is 0 Å². The lowest BCUT2D eigenvalue weighted by Crippen LogP contribution is -2.28. The molecule has 0 aliphatic carbocycles. The van der Waals surface area contributed by atoms with Crippen molar-refractivity contribution in [1.29, 1.82) is 0 Å².